The maximum atomic E-state index is 12.6. The fourth-order valence-corrected chi connectivity index (χ4v) is 4.73. The van der Waals surface area contributed by atoms with Crippen molar-refractivity contribution < 1.29 is 19.1 Å². The van der Waals surface area contributed by atoms with Crippen LogP contribution in [0.1, 0.15) is 63.5 Å². The Morgan fingerprint density at radius 1 is 0.711 bits per heavy atom. The number of hydrogen-bond donors (Lipinski definition) is 2. The number of rotatable bonds is 12. The zero-order chi connectivity index (χ0) is 27.7. The van der Waals surface area contributed by atoms with Crippen LogP contribution in [-0.2, 0) is 9.59 Å². The van der Waals surface area contributed by atoms with E-state index in [-0.39, 0.29) is 25.0 Å². The second-order valence-corrected chi connectivity index (χ2v) is 10.9. The van der Waals surface area contributed by atoms with Crippen molar-refractivity contribution >= 4 is 55.0 Å². The van der Waals surface area contributed by atoms with Gasteiger partial charge in [0, 0.05) is 0 Å². The number of ether oxygens (including phenoxy) is 2. The average molecular weight is 646 g/mol. The van der Waals surface area contributed by atoms with Gasteiger partial charge in [-0.25, -0.2) is 0 Å². The Kier molecular flexibility index (Phi) is 11.2. The first kappa shape index (κ1) is 29.7. The largest absolute Gasteiger partial charge is 0.483 e. The number of nitrogens with one attached hydrogen (secondary N) is 2. The highest BCUT2D eigenvalue weighted by molar-refractivity contribution is 9.10. The molecule has 2 N–H and O–H groups in total. The molecule has 0 fully saturated rings. The predicted octanol–water partition coefficient (Wildman–Crippen LogP) is 8.27. The predicted molar refractivity (Wildman–Crippen MR) is 160 cm³/mol. The molecule has 8 heteroatoms. The Morgan fingerprint density at radius 3 is 1.45 bits per heavy atom. The van der Waals surface area contributed by atoms with Crippen molar-refractivity contribution in [3.05, 3.63) is 80.7 Å². The van der Waals surface area contributed by atoms with Gasteiger partial charge in [-0.1, -0.05) is 52.0 Å². The van der Waals surface area contributed by atoms with E-state index in [1.54, 1.807) is 24.3 Å². The summed E-state index contributed by atoms with van der Waals surface area (Å²) < 4.78 is 13.0. The third-order valence-corrected chi connectivity index (χ3v) is 7.71. The summed E-state index contributed by atoms with van der Waals surface area (Å²) in [6.45, 7) is 8.28. The zero-order valence-electron chi connectivity index (χ0n) is 22.1. The van der Waals surface area contributed by atoms with Gasteiger partial charge in [0.2, 0.25) is 0 Å². The van der Waals surface area contributed by atoms with Crippen LogP contribution in [0.25, 0.3) is 0 Å². The van der Waals surface area contributed by atoms with Crippen LogP contribution >= 0.6 is 31.9 Å². The lowest BCUT2D eigenvalue weighted by Gasteiger charge is -2.15. The maximum absolute atomic E-state index is 12.6. The lowest BCUT2D eigenvalue weighted by molar-refractivity contribution is -0.119. The lowest BCUT2D eigenvalue weighted by Crippen LogP contribution is -2.23. The van der Waals surface area contributed by atoms with Crippen molar-refractivity contribution in [2.45, 2.75) is 52.4 Å². The van der Waals surface area contributed by atoms with Crippen LogP contribution < -0.4 is 20.1 Å². The van der Waals surface area contributed by atoms with Crippen molar-refractivity contribution in [1.82, 2.24) is 0 Å². The van der Waals surface area contributed by atoms with E-state index in [2.05, 4.69) is 70.2 Å². The highest BCUT2D eigenvalue weighted by Crippen LogP contribution is 2.31. The molecular weight excluding hydrogens is 612 g/mol. The molecule has 0 saturated carbocycles. The number of carbonyl (C=O) groups excluding carboxylic acids is 2. The van der Waals surface area contributed by atoms with E-state index in [1.807, 2.05) is 36.4 Å². The number of amides is 2. The average Bonchev–Trinajstić information content (AvgIpc) is 2.91. The molecular formula is C30H34Br2N2O4. The van der Waals surface area contributed by atoms with Crippen LogP contribution in [0.5, 0.6) is 11.5 Å². The quantitative estimate of drug-likeness (QED) is 0.208. The molecule has 0 aromatic heterocycles. The van der Waals surface area contributed by atoms with Gasteiger partial charge in [-0.2, -0.15) is 0 Å². The van der Waals surface area contributed by atoms with Gasteiger partial charge < -0.3 is 20.1 Å². The van der Waals surface area contributed by atoms with Gasteiger partial charge in [0.15, 0.2) is 13.2 Å². The number of anilines is 2. The van der Waals surface area contributed by atoms with E-state index < -0.39 is 0 Å². The topological polar surface area (TPSA) is 76.7 Å². The number of hydrogen-bond acceptors (Lipinski definition) is 4. The summed E-state index contributed by atoms with van der Waals surface area (Å²) in [6.07, 6.45) is 2.08. The summed E-state index contributed by atoms with van der Waals surface area (Å²) in [4.78, 5) is 25.2. The summed E-state index contributed by atoms with van der Waals surface area (Å²) >= 11 is 7.06. The van der Waals surface area contributed by atoms with E-state index in [9.17, 15) is 9.59 Å². The van der Waals surface area contributed by atoms with Gasteiger partial charge in [-0.3, -0.25) is 9.59 Å². The molecule has 2 amide bonds. The molecule has 0 spiro atoms. The third kappa shape index (κ3) is 8.33. The zero-order valence-corrected chi connectivity index (χ0v) is 25.3. The minimum atomic E-state index is -0.342. The standard InChI is InChI=1S/C30H34Br2N2O4/c1-5-19(3)21-11-13-27(23(31)15-21)37-17-29(35)33-25-9-7-8-10-26(25)34-30(36)18-38-28-14-12-22(16-24(28)32)20(4)6-2/h7-16,19-20H,5-6,17-18H2,1-4H3,(H,33,35)(H,34,36). The Labute approximate surface area is 241 Å². The molecule has 0 saturated heterocycles. The first-order valence-electron chi connectivity index (χ1n) is 12.7. The summed E-state index contributed by atoms with van der Waals surface area (Å²) in [7, 11) is 0. The van der Waals surface area contributed by atoms with Crippen molar-refractivity contribution in [1.29, 1.82) is 0 Å². The minimum Gasteiger partial charge on any atom is -0.483 e. The Bertz CT molecular complexity index is 1170. The molecule has 202 valence electrons. The first-order chi connectivity index (χ1) is 18.2. The number of para-hydroxylation sites is 2. The molecule has 0 heterocycles. The van der Waals surface area contributed by atoms with Gasteiger partial charge >= 0.3 is 0 Å². The molecule has 38 heavy (non-hydrogen) atoms. The van der Waals surface area contributed by atoms with Gasteiger partial charge in [0.25, 0.3) is 11.8 Å². The lowest BCUT2D eigenvalue weighted by atomic mass is 9.99. The molecule has 0 aliphatic rings. The molecule has 0 aliphatic heterocycles. The molecule has 6 nitrogen and oxygen atoms in total. The summed E-state index contributed by atoms with van der Waals surface area (Å²) in [5, 5.41) is 5.61. The molecule has 0 aliphatic carbocycles. The Balaban J connectivity index is 1.55. The smallest absolute Gasteiger partial charge is 0.262 e. The van der Waals surface area contributed by atoms with Gasteiger partial charge in [0.1, 0.15) is 11.5 Å². The van der Waals surface area contributed by atoms with Crippen LogP contribution in [-0.4, -0.2) is 25.0 Å². The molecule has 0 bridgehead atoms. The highest BCUT2D eigenvalue weighted by Gasteiger charge is 2.14. The van der Waals surface area contributed by atoms with Crippen LogP contribution in [0.3, 0.4) is 0 Å². The van der Waals surface area contributed by atoms with Crippen molar-refractivity contribution in [2.75, 3.05) is 23.8 Å². The summed E-state index contributed by atoms with van der Waals surface area (Å²) in [5.41, 5.74) is 3.36. The Hall–Kier alpha value is -2.84. The molecule has 3 rings (SSSR count). The van der Waals surface area contributed by atoms with Gasteiger partial charge in [-0.15, -0.1) is 0 Å². The molecule has 0 radical (unpaired) electrons. The van der Waals surface area contributed by atoms with Crippen LogP contribution in [0.15, 0.2) is 69.6 Å². The second-order valence-electron chi connectivity index (χ2n) is 9.22. The van der Waals surface area contributed by atoms with E-state index in [1.165, 1.54) is 11.1 Å². The first-order valence-corrected chi connectivity index (χ1v) is 14.3. The van der Waals surface area contributed by atoms with Gasteiger partial charge in [-0.05, 0) is 104 Å². The minimum absolute atomic E-state index is 0.173. The van der Waals surface area contributed by atoms with Crippen LogP contribution in [0.4, 0.5) is 11.4 Å². The van der Waals surface area contributed by atoms with E-state index in [0.29, 0.717) is 34.7 Å². The number of halogens is 2. The fraction of sp³-hybridized carbons (Fsp3) is 0.333. The SMILES string of the molecule is CCC(C)c1ccc(OCC(=O)Nc2ccccc2NC(=O)COc2ccc(C(C)CC)cc2Br)c(Br)c1. The van der Waals surface area contributed by atoms with Crippen LogP contribution in [0.2, 0.25) is 0 Å². The molecule has 2 unspecified atom stereocenters. The fourth-order valence-electron chi connectivity index (χ4n) is 3.71. The highest BCUT2D eigenvalue weighted by atomic mass is 79.9. The third-order valence-electron chi connectivity index (χ3n) is 6.47. The Morgan fingerprint density at radius 2 is 1.11 bits per heavy atom. The second kappa shape index (κ2) is 14.4. The monoisotopic (exact) mass is 644 g/mol. The molecule has 3 aromatic carbocycles. The van der Waals surface area contributed by atoms with Crippen molar-refractivity contribution in [3.8, 4) is 11.5 Å². The van der Waals surface area contributed by atoms with Crippen molar-refractivity contribution in [3.63, 3.8) is 0 Å². The van der Waals surface area contributed by atoms with Crippen LogP contribution in [0, 0.1) is 0 Å². The van der Waals surface area contributed by atoms with E-state index >= 15 is 0 Å². The maximum Gasteiger partial charge on any atom is 0.262 e. The number of benzene rings is 3. The van der Waals surface area contributed by atoms with Gasteiger partial charge in [0.05, 0.1) is 20.3 Å². The summed E-state index contributed by atoms with van der Waals surface area (Å²) in [6, 6.07) is 18.8. The van der Waals surface area contributed by atoms with E-state index in [4.69, 9.17) is 9.47 Å². The van der Waals surface area contributed by atoms with E-state index in [0.717, 1.165) is 21.8 Å². The summed E-state index contributed by atoms with van der Waals surface area (Å²) in [5.74, 6) is 1.39. The van der Waals surface area contributed by atoms with Crippen molar-refractivity contribution in [2.24, 2.45) is 0 Å². The molecule has 2 atom stereocenters. The molecule has 3 aromatic rings. The normalized spacial score (nSPS) is 12.4. The number of carbonyl (C=O) groups is 2.